The van der Waals surface area contributed by atoms with E-state index >= 15 is 0 Å². The van der Waals surface area contributed by atoms with E-state index in [2.05, 4.69) is 31.0 Å². The van der Waals surface area contributed by atoms with Crippen LogP contribution >= 0.6 is 22.9 Å². The Morgan fingerprint density at radius 1 is 1.20 bits per heavy atom. The molecule has 0 fully saturated rings. The average Bonchev–Trinajstić information content (AvgIpc) is 3.14. The van der Waals surface area contributed by atoms with Crippen LogP contribution in [0.1, 0.15) is 16.0 Å². The summed E-state index contributed by atoms with van der Waals surface area (Å²) < 4.78 is 5.30. The first-order valence-corrected chi connectivity index (χ1v) is 10.8. The SMILES string of the molecule is Cc1ccc(OCC(=O)O)cc1CCN(C)Cc1ccc(-c2ccc(Cl)cc2N)s1. The highest BCUT2D eigenvalue weighted by atomic mass is 35.5. The quantitative estimate of drug-likeness (QED) is 0.449. The molecule has 0 bridgehead atoms. The van der Waals surface area contributed by atoms with Crippen LogP contribution in [0.15, 0.2) is 48.5 Å². The first kappa shape index (κ1) is 22.2. The van der Waals surface area contributed by atoms with Crippen molar-refractivity contribution in [2.24, 2.45) is 0 Å². The summed E-state index contributed by atoms with van der Waals surface area (Å²) in [4.78, 5) is 15.4. The number of rotatable bonds is 9. The number of nitrogen functional groups attached to an aromatic ring is 1. The van der Waals surface area contributed by atoms with Crippen molar-refractivity contribution in [1.29, 1.82) is 0 Å². The molecule has 5 nitrogen and oxygen atoms in total. The van der Waals surface area contributed by atoms with Crippen molar-refractivity contribution in [2.45, 2.75) is 19.9 Å². The number of anilines is 1. The number of carbonyl (C=O) groups is 1. The third-order valence-corrected chi connectivity index (χ3v) is 6.15. The lowest BCUT2D eigenvalue weighted by molar-refractivity contribution is -0.139. The second kappa shape index (κ2) is 9.98. The fourth-order valence-corrected chi connectivity index (χ4v) is 4.49. The van der Waals surface area contributed by atoms with Crippen LogP contribution in [-0.4, -0.2) is 36.2 Å². The molecule has 0 amide bonds. The Morgan fingerprint density at radius 2 is 2.00 bits per heavy atom. The molecular formula is C23H25ClN2O3S. The Bertz CT molecular complexity index is 1040. The number of aryl methyl sites for hydroxylation is 1. The molecule has 30 heavy (non-hydrogen) atoms. The summed E-state index contributed by atoms with van der Waals surface area (Å²) in [5.41, 5.74) is 10.1. The van der Waals surface area contributed by atoms with Crippen molar-refractivity contribution in [2.75, 3.05) is 25.9 Å². The van der Waals surface area contributed by atoms with Gasteiger partial charge >= 0.3 is 5.97 Å². The minimum absolute atomic E-state index is 0.332. The highest BCUT2D eigenvalue weighted by molar-refractivity contribution is 7.15. The fourth-order valence-electron chi connectivity index (χ4n) is 3.17. The van der Waals surface area contributed by atoms with E-state index < -0.39 is 5.97 Å². The van der Waals surface area contributed by atoms with Gasteiger partial charge in [-0.15, -0.1) is 11.3 Å². The molecule has 3 rings (SSSR count). The predicted molar refractivity (Wildman–Crippen MR) is 124 cm³/mol. The Balaban J connectivity index is 1.59. The normalized spacial score (nSPS) is 11.1. The number of hydrogen-bond donors (Lipinski definition) is 2. The Labute approximate surface area is 185 Å². The van der Waals surface area contributed by atoms with Gasteiger partial charge in [0.2, 0.25) is 0 Å². The molecule has 3 N–H and O–H groups in total. The number of benzene rings is 2. The number of nitrogens with zero attached hydrogens (tertiary/aromatic N) is 1. The molecule has 158 valence electrons. The van der Waals surface area contributed by atoms with Gasteiger partial charge in [-0.1, -0.05) is 23.7 Å². The molecule has 1 heterocycles. The van der Waals surface area contributed by atoms with Gasteiger partial charge in [0.1, 0.15) is 5.75 Å². The second-order valence-corrected chi connectivity index (χ2v) is 8.86. The van der Waals surface area contributed by atoms with E-state index in [0.29, 0.717) is 16.5 Å². The fraction of sp³-hybridized carbons (Fsp3) is 0.261. The van der Waals surface area contributed by atoms with E-state index in [0.717, 1.165) is 35.5 Å². The molecular weight excluding hydrogens is 420 g/mol. The van der Waals surface area contributed by atoms with Gasteiger partial charge in [-0.05, 0) is 67.9 Å². The van der Waals surface area contributed by atoms with Crippen LogP contribution in [0.5, 0.6) is 5.75 Å². The van der Waals surface area contributed by atoms with Gasteiger partial charge in [0.25, 0.3) is 0 Å². The van der Waals surface area contributed by atoms with Gasteiger partial charge in [0.15, 0.2) is 6.61 Å². The van der Waals surface area contributed by atoms with Crippen LogP contribution in [0.3, 0.4) is 0 Å². The summed E-state index contributed by atoms with van der Waals surface area (Å²) in [6, 6.07) is 15.5. The highest BCUT2D eigenvalue weighted by Crippen LogP contribution is 2.34. The summed E-state index contributed by atoms with van der Waals surface area (Å²) in [7, 11) is 2.09. The summed E-state index contributed by atoms with van der Waals surface area (Å²) >= 11 is 7.73. The average molecular weight is 445 g/mol. The molecule has 0 aliphatic rings. The molecule has 0 aliphatic carbocycles. The summed E-state index contributed by atoms with van der Waals surface area (Å²) in [6.45, 7) is 3.44. The molecule has 0 unspecified atom stereocenters. The van der Waals surface area contributed by atoms with Gasteiger partial charge in [-0.25, -0.2) is 4.79 Å². The highest BCUT2D eigenvalue weighted by Gasteiger charge is 2.10. The van der Waals surface area contributed by atoms with Crippen molar-refractivity contribution >= 4 is 34.6 Å². The number of carboxylic acids is 1. The molecule has 0 saturated heterocycles. The van der Waals surface area contributed by atoms with Crippen LogP contribution in [0.25, 0.3) is 10.4 Å². The largest absolute Gasteiger partial charge is 0.482 e. The second-order valence-electron chi connectivity index (χ2n) is 7.26. The molecule has 0 saturated carbocycles. The number of thiophene rings is 1. The van der Waals surface area contributed by atoms with Gasteiger partial charge in [0.05, 0.1) is 0 Å². The van der Waals surface area contributed by atoms with E-state index in [1.165, 1.54) is 10.4 Å². The smallest absolute Gasteiger partial charge is 0.341 e. The maximum Gasteiger partial charge on any atom is 0.341 e. The van der Waals surface area contributed by atoms with Gasteiger partial charge < -0.3 is 20.5 Å². The molecule has 0 spiro atoms. The summed E-state index contributed by atoms with van der Waals surface area (Å²) in [5.74, 6) is -0.392. The van der Waals surface area contributed by atoms with E-state index in [4.69, 9.17) is 27.2 Å². The summed E-state index contributed by atoms with van der Waals surface area (Å²) in [5, 5.41) is 9.41. The first-order valence-electron chi connectivity index (χ1n) is 9.58. The zero-order chi connectivity index (χ0) is 21.7. The standard InChI is InChI=1S/C23H25ClN2O3S/c1-15-3-5-18(29-14-23(27)28)11-16(15)9-10-26(2)13-19-6-8-22(30-19)20-7-4-17(24)12-21(20)25/h3-8,11-12H,9-10,13-14,25H2,1-2H3,(H,27,28). The molecule has 2 aromatic carbocycles. The molecule has 1 aromatic heterocycles. The molecule has 0 aliphatic heterocycles. The first-order chi connectivity index (χ1) is 14.3. The maximum absolute atomic E-state index is 10.7. The molecule has 7 heteroatoms. The van der Waals surface area contributed by atoms with E-state index in [9.17, 15) is 4.79 Å². The van der Waals surface area contributed by atoms with E-state index in [1.54, 1.807) is 23.5 Å². The zero-order valence-corrected chi connectivity index (χ0v) is 18.6. The minimum Gasteiger partial charge on any atom is -0.482 e. The number of hydrogen-bond acceptors (Lipinski definition) is 5. The van der Waals surface area contributed by atoms with Crippen molar-refractivity contribution < 1.29 is 14.6 Å². The topological polar surface area (TPSA) is 75.8 Å². The van der Waals surface area contributed by atoms with Crippen LogP contribution < -0.4 is 10.5 Å². The van der Waals surface area contributed by atoms with Gasteiger partial charge in [-0.2, -0.15) is 0 Å². The third-order valence-electron chi connectivity index (χ3n) is 4.81. The zero-order valence-electron chi connectivity index (χ0n) is 17.0. The van der Waals surface area contributed by atoms with Crippen molar-refractivity contribution in [1.82, 2.24) is 4.90 Å². The predicted octanol–water partition coefficient (Wildman–Crippen LogP) is 5.10. The lowest BCUT2D eigenvalue weighted by Gasteiger charge is -2.17. The number of halogens is 1. The van der Waals surface area contributed by atoms with E-state index in [1.807, 2.05) is 24.3 Å². The number of carboxylic acid groups (broad SMARTS) is 1. The molecule has 0 radical (unpaired) electrons. The minimum atomic E-state index is -0.979. The monoisotopic (exact) mass is 444 g/mol. The Kier molecular flexibility index (Phi) is 7.37. The van der Waals surface area contributed by atoms with Gasteiger partial charge in [-0.3, -0.25) is 0 Å². The maximum atomic E-state index is 10.7. The molecule has 3 aromatic rings. The van der Waals surface area contributed by atoms with Crippen LogP contribution in [0, 0.1) is 6.92 Å². The number of ether oxygens (including phenoxy) is 1. The van der Waals surface area contributed by atoms with Gasteiger partial charge in [0, 0.05) is 39.1 Å². The lowest BCUT2D eigenvalue weighted by atomic mass is 10.1. The number of aliphatic carboxylic acids is 1. The molecule has 0 atom stereocenters. The third kappa shape index (κ3) is 5.98. The lowest BCUT2D eigenvalue weighted by Crippen LogP contribution is -2.20. The van der Waals surface area contributed by atoms with Crippen molar-refractivity contribution in [3.8, 4) is 16.2 Å². The van der Waals surface area contributed by atoms with Crippen LogP contribution in [0.2, 0.25) is 5.02 Å². The van der Waals surface area contributed by atoms with E-state index in [-0.39, 0.29) is 6.61 Å². The van der Waals surface area contributed by atoms with Crippen molar-refractivity contribution in [3.05, 3.63) is 69.6 Å². The van der Waals surface area contributed by atoms with Crippen LogP contribution in [-0.2, 0) is 17.8 Å². The van der Waals surface area contributed by atoms with Crippen molar-refractivity contribution in [3.63, 3.8) is 0 Å². The number of likely N-dealkylation sites (N-methyl/N-ethyl adjacent to an activating group) is 1. The summed E-state index contributed by atoms with van der Waals surface area (Å²) in [6.07, 6.45) is 0.856. The van der Waals surface area contributed by atoms with Crippen LogP contribution in [0.4, 0.5) is 5.69 Å². The Morgan fingerprint density at radius 3 is 2.73 bits per heavy atom. The Hall–Kier alpha value is -2.54. The number of nitrogens with two attached hydrogens (primary N) is 1.